The molecule has 0 unspecified atom stereocenters. The molecule has 168 valence electrons. The quantitative estimate of drug-likeness (QED) is 0.514. The summed E-state index contributed by atoms with van der Waals surface area (Å²) in [6, 6.07) is 21.4. The van der Waals surface area contributed by atoms with E-state index < -0.39 is 0 Å². The Morgan fingerprint density at radius 2 is 1.74 bits per heavy atom. The van der Waals surface area contributed by atoms with E-state index in [9.17, 15) is 14.9 Å². The summed E-state index contributed by atoms with van der Waals surface area (Å²) in [7, 11) is 0. The SMILES string of the molecule is Cc1[nH]c(=O)c(C(=O)N2CCN(c3c(C#N)cnc4ccccc34)CC2)cc1-c1ccccc1. The molecular weight excluding hydrogens is 426 g/mol. The summed E-state index contributed by atoms with van der Waals surface area (Å²) in [6.07, 6.45) is 1.60. The Hall–Kier alpha value is -4.44. The molecule has 1 fully saturated rings. The third-order valence-corrected chi connectivity index (χ3v) is 6.30. The van der Waals surface area contributed by atoms with Crippen LogP contribution in [0.1, 0.15) is 21.6 Å². The largest absolute Gasteiger partial charge is 0.366 e. The number of rotatable bonds is 3. The lowest BCUT2D eigenvalue weighted by Gasteiger charge is -2.36. The zero-order valence-corrected chi connectivity index (χ0v) is 18.8. The molecule has 5 rings (SSSR count). The Bertz CT molecular complexity index is 1480. The van der Waals surface area contributed by atoms with Gasteiger partial charge in [0.2, 0.25) is 0 Å². The molecule has 2 aromatic heterocycles. The van der Waals surface area contributed by atoms with Crippen LogP contribution in [0.4, 0.5) is 5.69 Å². The molecule has 7 nitrogen and oxygen atoms in total. The average molecular weight is 450 g/mol. The van der Waals surface area contributed by atoms with Crippen LogP contribution in [0, 0.1) is 18.3 Å². The van der Waals surface area contributed by atoms with Crippen LogP contribution in [0.5, 0.6) is 0 Å². The summed E-state index contributed by atoms with van der Waals surface area (Å²) < 4.78 is 0. The van der Waals surface area contributed by atoms with Crippen LogP contribution in [0.25, 0.3) is 22.0 Å². The summed E-state index contributed by atoms with van der Waals surface area (Å²) in [5.74, 6) is -0.279. The van der Waals surface area contributed by atoms with E-state index in [1.807, 2.05) is 61.5 Å². The number of piperazine rings is 1. The van der Waals surface area contributed by atoms with Crippen molar-refractivity contribution in [2.24, 2.45) is 0 Å². The second-order valence-electron chi connectivity index (χ2n) is 8.35. The predicted octanol–water partition coefficient (Wildman–Crippen LogP) is 3.73. The van der Waals surface area contributed by atoms with Gasteiger partial charge in [0.1, 0.15) is 11.6 Å². The summed E-state index contributed by atoms with van der Waals surface area (Å²) >= 11 is 0. The van der Waals surface area contributed by atoms with Gasteiger partial charge in [0.05, 0.1) is 16.8 Å². The second kappa shape index (κ2) is 8.83. The minimum Gasteiger partial charge on any atom is -0.366 e. The van der Waals surface area contributed by atoms with Gasteiger partial charge in [-0.3, -0.25) is 14.6 Å². The maximum atomic E-state index is 13.3. The van der Waals surface area contributed by atoms with Crippen LogP contribution < -0.4 is 10.5 Å². The van der Waals surface area contributed by atoms with E-state index >= 15 is 0 Å². The summed E-state index contributed by atoms with van der Waals surface area (Å²) in [4.78, 5) is 37.0. The molecule has 3 heterocycles. The van der Waals surface area contributed by atoms with Crippen LogP contribution in [-0.2, 0) is 0 Å². The zero-order chi connectivity index (χ0) is 23.7. The van der Waals surface area contributed by atoms with E-state index in [-0.39, 0.29) is 17.0 Å². The number of anilines is 1. The van der Waals surface area contributed by atoms with Crippen LogP contribution in [0.2, 0.25) is 0 Å². The lowest BCUT2D eigenvalue weighted by Crippen LogP contribution is -2.50. The maximum absolute atomic E-state index is 13.3. The molecule has 4 aromatic rings. The van der Waals surface area contributed by atoms with E-state index in [0.29, 0.717) is 31.7 Å². The number of nitrogens with one attached hydrogen (secondary N) is 1. The van der Waals surface area contributed by atoms with Crippen LogP contribution >= 0.6 is 0 Å². The minimum atomic E-state index is -0.378. The van der Waals surface area contributed by atoms with E-state index in [4.69, 9.17) is 0 Å². The second-order valence-corrected chi connectivity index (χ2v) is 8.35. The average Bonchev–Trinajstić information content (AvgIpc) is 2.88. The van der Waals surface area contributed by atoms with E-state index in [1.54, 1.807) is 17.2 Å². The van der Waals surface area contributed by atoms with Gasteiger partial charge in [0.15, 0.2) is 0 Å². The third-order valence-electron chi connectivity index (χ3n) is 6.30. The van der Waals surface area contributed by atoms with Crippen molar-refractivity contribution < 1.29 is 4.79 Å². The van der Waals surface area contributed by atoms with Crippen molar-refractivity contribution in [1.82, 2.24) is 14.9 Å². The van der Waals surface area contributed by atoms with Crippen LogP contribution in [-0.4, -0.2) is 47.0 Å². The van der Waals surface area contributed by atoms with Crippen molar-refractivity contribution in [2.45, 2.75) is 6.92 Å². The molecule has 34 heavy (non-hydrogen) atoms. The molecule has 0 radical (unpaired) electrons. The van der Waals surface area contributed by atoms with Gasteiger partial charge in [0, 0.05) is 49.0 Å². The molecule has 2 aromatic carbocycles. The molecule has 0 aliphatic carbocycles. The number of nitriles is 1. The normalized spacial score (nSPS) is 13.6. The fraction of sp³-hybridized carbons (Fsp3) is 0.185. The number of carbonyl (C=O) groups excluding carboxylic acids is 1. The molecule has 0 spiro atoms. The van der Waals surface area contributed by atoms with Gasteiger partial charge >= 0.3 is 0 Å². The van der Waals surface area contributed by atoms with Gasteiger partial charge in [-0.15, -0.1) is 0 Å². The first-order chi connectivity index (χ1) is 16.6. The standard InChI is InChI=1S/C27H23N5O2/c1-18-22(19-7-3-2-4-8-19)15-23(26(33)30-18)27(34)32-13-11-31(12-14-32)25-20(16-28)17-29-24-10-6-5-9-21(24)25/h2-10,15,17H,11-14H2,1H3,(H,30,33). The molecule has 1 amide bonds. The van der Waals surface area contributed by atoms with Gasteiger partial charge in [-0.05, 0) is 24.6 Å². The number of amides is 1. The monoisotopic (exact) mass is 449 g/mol. The Morgan fingerprint density at radius 1 is 1.03 bits per heavy atom. The lowest BCUT2D eigenvalue weighted by molar-refractivity contribution is 0.0745. The number of para-hydroxylation sites is 1. The van der Waals surface area contributed by atoms with Crippen molar-refractivity contribution >= 4 is 22.5 Å². The molecule has 1 aliphatic heterocycles. The maximum Gasteiger partial charge on any atom is 0.261 e. The molecular formula is C27H23N5O2. The third kappa shape index (κ3) is 3.80. The van der Waals surface area contributed by atoms with Gasteiger partial charge in [0.25, 0.3) is 11.5 Å². The minimum absolute atomic E-state index is 0.143. The predicted molar refractivity (Wildman–Crippen MR) is 132 cm³/mol. The summed E-state index contributed by atoms with van der Waals surface area (Å²) in [5.41, 5.74) is 4.47. The van der Waals surface area contributed by atoms with Crippen molar-refractivity contribution in [3.63, 3.8) is 0 Å². The van der Waals surface area contributed by atoms with Crippen molar-refractivity contribution in [1.29, 1.82) is 5.26 Å². The highest BCUT2D eigenvalue weighted by molar-refractivity contribution is 5.96. The highest BCUT2D eigenvalue weighted by Gasteiger charge is 2.27. The molecule has 1 N–H and O–H groups in total. The van der Waals surface area contributed by atoms with Crippen molar-refractivity contribution in [3.05, 3.63) is 94.0 Å². The number of aromatic amines is 1. The number of hydrogen-bond donors (Lipinski definition) is 1. The highest BCUT2D eigenvalue weighted by Crippen LogP contribution is 2.30. The van der Waals surface area contributed by atoms with Gasteiger partial charge in [-0.2, -0.15) is 5.26 Å². The first-order valence-electron chi connectivity index (χ1n) is 11.2. The molecule has 7 heteroatoms. The molecule has 0 saturated carbocycles. The van der Waals surface area contributed by atoms with Crippen LogP contribution in [0.15, 0.2) is 71.7 Å². The molecule has 0 atom stereocenters. The molecule has 0 bridgehead atoms. The number of fused-ring (bicyclic) bond motifs is 1. The number of aromatic nitrogens is 2. The summed E-state index contributed by atoms with van der Waals surface area (Å²) in [5, 5.41) is 10.6. The smallest absolute Gasteiger partial charge is 0.261 e. The molecule has 1 aliphatic rings. The lowest BCUT2D eigenvalue weighted by atomic mass is 10.0. The fourth-order valence-corrected chi connectivity index (χ4v) is 4.55. The number of aryl methyl sites for hydroxylation is 1. The van der Waals surface area contributed by atoms with Gasteiger partial charge < -0.3 is 14.8 Å². The number of pyridine rings is 2. The van der Waals surface area contributed by atoms with Crippen LogP contribution in [0.3, 0.4) is 0 Å². The number of H-pyrrole nitrogens is 1. The first kappa shape index (κ1) is 21.4. The Balaban J connectivity index is 1.41. The van der Waals surface area contributed by atoms with Crippen molar-refractivity contribution in [3.8, 4) is 17.2 Å². The highest BCUT2D eigenvalue weighted by atomic mass is 16.2. The summed E-state index contributed by atoms with van der Waals surface area (Å²) in [6.45, 7) is 3.86. The number of benzene rings is 2. The zero-order valence-electron chi connectivity index (χ0n) is 18.8. The molecule has 1 saturated heterocycles. The Morgan fingerprint density at radius 3 is 2.47 bits per heavy atom. The van der Waals surface area contributed by atoms with Gasteiger partial charge in [-0.1, -0.05) is 48.5 Å². The number of nitrogens with zero attached hydrogens (tertiary/aromatic N) is 4. The Kier molecular flexibility index (Phi) is 5.56. The topological polar surface area (TPSA) is 93.1 Å². The Labute approximate surface area is 196 Å². The van der Waals surface area contributed by atoms with E-state index in [1.165, 1.54) is 0 Å². The van der Waals surface area contributed by atoms with E-state index in [0.717, 1.165) is 33.4 Å². The van der Waals surface area contributed by atoms with Crippen molar-refractivity contribution in [2.75, 3.05) is 31.1 Å². The fourth-order valence-electron chi connectivity index (χ4n) is 4.55. The first-order valence-corrected chi connectivity index (χ1v) is 11.2. The number of hydrogen-bond acceptors (Lipinski definition) is 5. The van der Waals surface area contributed by atoms with E-state index in [2.05, 4.69) is 20.9 Å². The van der Waals surface area contributed by atoms with Gasteiger partial charge in [-0.25, -0.2) is 0 Å². The number of carbonyl (C=O) groups is 1.